The Morgan fingerprint density at radius 2 is 2.09 bits per heavy atom. The van der Waals surface area contributed by atoms with Crippen molar-refractivity contribution in [3.8, 4) is 0 Å². The van der Waals surface area contributed by atoms with Crippen molar-refractivity contribution in [2.75, 3.05) is 13.2 Å². The molecule has 0 aliphatic carbocycles. The van der Waals surface area contributed by atoms with Crippen LogP contribution in [0.4, 0.5) is 0 Å². The minimum Gasteiger partial charge on any atom is -0.377 e. The van der Waals surface area contributed by atoms with Gasteiger partial charge in [-0.05, 0) is 36.4 Å². The van der Waals surface area contributed by atoms with Crippen LogP contribution >= 0.6 is 22.9 Å². The molecule has 1 aliphatic heterocycles. The highest BCUT2D eigenvalue weighted by molar-refractivity contribution is 7.89. The number of ether oxygens (including phenoxy) is 1. The molecule has 2 aromatic rings. The van der Waals surface area contributed by atoms with Crippen molar-refractivity contribution in [3.63, 3.8) is 0 Å². The van der Waals surface area contributed by atoms with Gasteiger partial charge in [-0.25, -0.2) is 8.42 Å². The van der Waals surface area contributed by atoms with Crippen LogP contribution < -0.4 is 0 Å². The lowest BCUT2D eigenvalue weighted by Crippen LogP contribution is -2.36. The number of sulfonamides is 1. The van der Waals surface area contributed by atoms with Crippen LogP contribution in [0.2, 0.25) is 5.02 Å². The van der Waals surface area contributed by atoms with Gasteiger partial charge in [0, 0.05) is 24.6 Å². The summed E-state index contributed by atoms with van der Waals surface area (Å²) in [4.78, 5) is 1.15. The molecule has 1 fully saturated rings. The van der Waals surface area contributed by atoms with Crippen LogP contribution in [0.25, 0.3) is 0 Å². The molecule has 3 rings (SSSR count). The predicted octanol–water partition coefficient (Wildman–Crippen LogP) is 3.77. The Balaban J connectivity index is 1.90. The number of benzene rings is 1. The van der Waals surface area contributed by atoms with Crippen molar-refractivity contribution in [2.45, 2.75) is 30.4 Å². The van der Waals surface area contributed by atoms with Crippen molar-refractivity contribution < 1.29 is 13.2 Å². The van der Waals surface area contributed by atoms with Gasteiger partial charge in [-0.3, -0.25) is 0 Å². The molecule has 7 heteroatoms. The molecule has 1 aliphatic rings. The highest BCUT2D eigenvalue weighted by atomic mass is 35.5. The third kappa shape index (κ3) is 3.95. The number of hydrogen-bond donors (Lipinski definition) is 0. The maximum Gasteiger partial charge on any atom is 0.244 e. The van der Waals surface area contributed by atoms with E-state index >= 15 is 0 Å². The second-order valence-corrected chi connectivity index (χ2v) is 8.79. The summed E-state index contributed by atoms with van der Waals surface area (Å²) >= 11 is 7.66. The van der Waals surface area contributed by atoms with E-state index in [1.807, 2.05) is 17.5 Å². The van der Waals surface area contributed by atoms with Crippen LogP contribution in [0.15, 0.2) is 46.7 Å². The van der Waals surface area contributed by atoms with Gasteiger partial charge in [0.2, 0.25) is 10.0 Å². The van der Waals surface area contributed by atoms with Crippen LogP contribution in [0.3, 0.4) is 0 Å². The molecule has 23 heavy (non-hydrogen) atoms. The van der Waals surface area contributed by atoms with E-state index in [0.717, 1.165) is 17.7 Å². The standard InChI is InChI=1S/C16H18ClNO3S2/c17-15-7-1-2-8-16(15)23(19,20)18(11-13-5-3-9-21-13)12-14-6-4-10-22-14/h1-2,4,6-8,10,13H,3,5,9,11-12H2/t13-/m1/s1. The fourth-order valence-corrected chi connectivity index (χ4v) is 5.38. The van der Waals surface area contributed by atoms with Gasteiger partial charge >= 0.3 is 0 Å². The van der Waals surface area contributed by atoms with Crippen LogP contribution in [0.5, 0.6) is 0 Å². The quantitative estimate of drug-likeness (QED) is 0.776. The first-order chi connectivity index (χ1) is 11.1. The summed E-state index contributed by atoms with van der Waals surface area (Å²) in [6.07, 6.45) is 1.81. The molecule has 0 bridgehead atoms. The topological polar surface area (TPSA) is 46.6 Å². The number of thiophene rings is 1. The Morgan fingerprint density at radius 1 is 1.26 bits per heavy atom. The van der Waals surface area contributed by atoms with Gasteiger partial charge in [0.1, 0.15) is 4.90 Å². The highest BCUT2D eigenvalue weighted by Crippen LogP contribution is 2.27. The summed E-state index contributed by atoms with van der Waals surface area (Å²) in [5, 5.41) is 2.19. The Bertz CT molecular complexity index is 740. The van der Waals surface area contributed by atoms with E-state index in [-0.39, 0.29) is 16.0 Å². The molecule has 1 aromatic heterocycles. The summed E-state index contributed by atoms with van der Waals surface area (Å²) < 4.78 is 33.2. The van der Waals surface area contributed by atoms with E-state index in [1.165, 1.54) is 4.31 Å². The van der Waals surface area contributed by atoms with Crippen LogP contribution in [0.1, 0.15) is 17.7 Å². The lowest BCUT2D eigenvalue weighted by molar-refractivity contribution is 0.0927. The molecular weight excluding hydrogens is 354 g/mol. The van der Waals surface area contributed by atoms with Gasteiger partial charge in [0.15, 0.2) is 0 Å². The number of nitrogens with zero attached hydrogens (tertiary/aromatic N) is 1. The molecule has 124 valence electrons. The Morgan fingerprint density at radius 3 is 2.74 bits per heavy atom. The van der Waals surface area contributed by atoms with Crippen LogP contribution in [-0.4, -0.2) is 32.0 Å². The smallest absolute Gasteiger partial charge is 0.244 e. The molecular formula is C16H18ClNO3S2. The van der Waals surface area contributed by atoms with Gasteiger partial charge in [-0.15, -0.1) is 11.3 Å². The summed E-state index contributed by atoms with van der Waals surface area (Å²) in [6, 6.07) is 10.4. The van der Waals surface area contributed by atoms with Crippen LogP contribution in [-0.2, 0) is 21.3 Å². The molecule has 0 spiro atoms. The Kier molecular flexibility index (Phi) is 5.38. The summed E-state index contributed by atoms with van der Waals surface area (Å²) in [6.45, 7) is 1.39. The lowest BCUT2D eigenvalue weighted by Gasteiger charge is -2.24. The van der Waals surface area contributed by atoms with Gasteiger partial charge in [0.05, 0.1) is 11.1 Å². The molecule has 1 atom stereocenters. The molecule has 0 N–H and O–H groups in total. The molecule has 4 nitrogen and oxygen atoms in total. The lowest BCUT2D eigenvalue weighted by atomic mass is 10.2. The Hall–Kier alpha value is -0.920. The summed E-state index contributed by atoms with van der Waals surface area (Å²) in [5.41, 5.74) is 0. The van der Waals surface area contributed by atoms with Crippen molar-refractivity contribution in [3.05, 3.63) is 51.7 Å². The minimum atomic E-state index is -3.67. The fourth-order valence-electron chi connectivity index (χ4n) is 2.63. The third-order valence-corrected chi connectivity index (χ3v) is 6.97. The highest BCUT2D eigenvalue weighted by Gasteiger charge is 2.30. The molecule has 0 radical (unpaired) electrons. The first kappa shape index (κ1) is 16.9. The summed E-state index contributed by atoms with van der Waals surface area (Å²) in [7, 11) is -3.67. The van der Waals surface area contributed by atoms with E-state index in [2.05, 4.69) is 0 Å². The molecule has 1 saturated heterocycles. The number of rotatable bonds is 6. The monoisotopic (exact) mass is 371 g/mol. The van der Waals surface area contributed by atoms with Gasteiger partial charge in [0.25, 0.3) is 0 Å². The van der Waals surface area contributed by atoms with Crippen molar-refractivity contribution in [1.82, 2.24) is 4.31 Å². The molecule has 1 aromatic carbocycles. The third-order valence-electron chi connectivity index (χ3n) is 3.80. The van der Waals surface area contributed by atoms with E-state index in [9.17, 15) is 8.42 Å². The van der Waals surface area contributed by atoms with E-state index in [1.54, 1.807) is 35.6 Å². The Labute approximate surface area is 145 Å². The zero-order valence-corrected chi connectivity index (χ0v) is 14.9. The zero-order valence-electron chi connectivity index (χ0n) is 12.5. The number of hydrogen-bond acceptors (Lipinski definition) is 4. The first-order valence-corrected chi connectivity index (χ1v) is 10.2. The maximum absolute atomic E-state index is 13.1. The van der Waals surface area contributed by atoms with Crippen molar-refractivity contribution in [2.24, 2.45) is 0 Å². The predicted molar refractivity (Wildman–Crippen MR) is 92.3 cm³/mol. The van der Waals surface area contributed by atoms with E-state index < -0.39 is 10.0 Å². The van der Waals surface area contributed by atoms with Gasteiger partial charge < -0.3 is 4.74 Å². The zero-order chi connectivity index (χ0) is 16.3. The maximum atomic E-state index is 13.1. The first-order valence-electron chi connectivity index (χ1n) is 7.46. The molecule has 0 unspecified atom stereocenters. The average Bonchev–Trinajstić information content (AvgIpc) is 3.20. The molecule has 2 heterocycles. The van der Waals surface area contributed by atoms with Crippen molar-refractivity contribution >= 4 is 33.0 Å². The second kappa shape index (κ2) is 7.32. The van der Waals surface area contributed by atoms with Gasteiger partial charge in [-0.2, -0.15) is 4.31 Å². The fraction of sp³-hybridized carbons (Fsp3) is 0.375. The molecule has 0 saturated carbocycles. The van der Waals surface area contributed by atoms with Gasteiger partial charge in [-0.1, -0.05) is 29.8 Å². The number of halogens is 1. The molecule has 0 amide bonds. The largest absolute Gasteiger partial charge is 0.377 e. The van der Waals surface area contributed by atoms with E-state index in [4.69, 9.17) is 16.3 Å². The van der Waals surface area contributed by atoms with E-state index in [0.29, 0.717) is 19.7 Å². The SMILES string of the molecule is O=S(=O)(c1ccccc1Cl)N(Cc1cccs1)C[C@H]1CCCO1. The normalized spacial score (nSPS) is 18.6. The second-order valence-electron chi connectivity index (χ2n) is 5.44. The average molecular weight is 372 g/mol. The summed E-state index contributed by atoms with van der Waals surface area (Å²) in [5.74, 6) is 0. The minimum absolute atomic E-state index is 0.0489. The van der Waals surface area contributed by atoms with Crippen molar-refractivity contribution in [1.29, 1.82) is 0 Å². The van der Waals surface area contributed by atoms with Crippen LogP contribution in [0, 0.1) is 0 Å².